The fourth-order valence-corrected chi connectivity index (χ4v) is 0.857. The van der Waals surface area contributed by atoms with Crippen LogP contribution in [0.25, 0.3) is 0 Å². The van der Waals surface area contributed by atoms with Gasteiger partial charge in [-0.3, -0.25) is 14.4 Å². The molecule has 0 radical (unpaired) electrons. The Balaban J connectivity index is 4.06. The maximum atomic E-state index is 11.2. The van der Waals surface area contributed by atoms with E-state index >= 15 is 0 Å². The first-order valence-corrected chi connectivity index (χ1v) is 5.66. The van der Waals surface area contributed by atoms with Gasteiger partial charge in [-0.25, -0.2) is 9.59 Å². The second kappa shape index (κ2) is 9.42. The van der Waals surface area contributed by atoms with Gasteiger partial charge in [-0.15, -0.1) is 0 Å². The molecule has 0 rings (SSSR count). The molecule has 0 aromatic rings. The van der Waals surface area contributed by atoms with Gasteiger partial charge in [0.05, 0.1) is 13.7 Å². The number of amides is 1. The standard InChI is InChI=1S/C12H15NO7/c1-3-8(14)6-13-12(18)9(15)7-20-11(17)5-4-10(16)19-2/h4-5H,3,6-7H2,1-2H3,(H,13,18)/b5-4+. The molecule has 0 aromatic heterocycles. The molecule has 0 unspecified atom stereocenters. The van der Waals surface area contributed by atoms with Crippen LogP contribution in [0.5, 0.6) is 0 Å². The lowest BCUT2D eigenvalue weighted by Crippen LogP contribution is -2.37. The lowest BCUT2D eigenvalue weighted by Gasteiger charge is -2.03. The number of hydrogen-bond acceptors (Lipinski definition) is 7. The third-order valence-electron chi connectivity index (χ3n) is 2.00. The molecule has 0 saturated carbocycles. The molecule has 0 aromatic carbocycles. The molecular formula is C12H15NO7. The normalized spacial score (nSPS) is 9.90. The topological polar surface area (TPSA) is 116 Å². The molecule has 8 nitrogen and oxygen atoms in total. The minimum atomic E-state index is -1.02. The van der Waals surface area contributed by atoms with Crippen molar-refractivity contribution in [2.24, 2.45) is 0 Å². The average molecular weight is 285 g/mol. The zero-order valence-corrected chi connectivity index (χ0v) is 11.1. The number of ketones is 2. The van der Waals surface area contributed by atoms with Crippen LogP contribution in [0, 0.1) is 0 Å². The Morgan fingerprint density at radius 3 is 2.20 bits per heavy atom. The summed E-state index contributed by atoms with van der Waals surface area (Å²) in [6, 6.07) is 0. The van der Waals surface area contributed by atoms with E-state index in [1.807, 2.05) is 0 Å². The third-order valence-corrected chi connectivity index (χ3v) is 2.00. The number of methoxy groups -OCH3 is 1. The minimum Gasteiger partial charge on any atom is -0.466 e. The highest BCUT2D eigenvalue weighted by Crippen LogP contribution is 1.86. The zero-order chi connectivity index (χ0) is 15.5. The van der Waals surface area contributed by atoms with Crippen LogP contribution in [0.4, 0.5) is 0 Å². The summed E-state index contributed by atoms with van der Waals surface area (Å²) in [5, 5.41) is 2.09. The van der Waals surface area contributed by atoms with Crippen LogP contribution in [-0.4, -0.2) is 49.7 Å². The SMILES string of the molecule is CCC(=O)CNC(=O)C(=O)COC(=O)/C=C/C(=O)OC. The molecular weight excluding hydrogens is 270 g/mol. The zero-order valence-electron chi connectivity index (χ0n) is 11.1. The van der Waals surface area contributed by atoms with Gasteiger partial charge >= 0.3 is 11.9 Å². The molecule has 110 valence electrons. The molecule has 1 amide bonds. The number of ether oxygens (including phenoxy) is 2. The van der Waals surface area contributed by atoms with Crippen LogP contribution in [-0.2, 0) is 33.4 Å². The lowest BCUT2D eigenvalue weighted by molar-refractivity contribution is -0.147. The maximum absolute atomic E-state index is 11.2. The van der Waals surface area contributed by atoms with Crippen molar-refractivity contribution in [2.45, 2.75) is 13.3 Å². The molecule has 20 heavy (non-hydrogen) atoms. The van der Waals surface area contributed by atoms with Gasteiger partial charge in [-0.2, -0.15) is 0 Å². The van der Waals surface area contributed by atoms with Crippen molar-refractivity contribution in [3.8, 4) is 0 Å². The van der Waals surface area contributed by atoms with E-state index in [4.69, 9.17) is 0 Å². The summed E-state index contributed by atoms with van der Waals surface area (Å²) in [6.07, 6.45) is 1.81. The van der Waals surface area contributed by atoms with E-state index in [-0.39, 0.29) is 18.7 Å². The third kappa shape index (κ3) is 7.75. The molecule has 0 aliphatic rings. The molecule has 0 bridgehead atoms. The van der Waals surface area contributed by atoms with Gasteiger partial charge < -0.3 is 14.8 Å². The van der Waals surface area contributed by atoms with Gasteiger partial charge in [0.2, 0.25) is 0 Å². The summed E-state index contributed by atoms with van der Waals surface area (Å²) >= 11 is 0. The largest absolute Gasteiger partial charge is 0.466 e. The Kier molecular flexibility index (Phi) is 8.24. The molecule has 0 saturated heterocycles. The predicted molar refractivity (Wildman–Crippen MR) is 65.4 cm³/mol. The summed E-state index contributed by atoms with van der Waals surface area (Å²) in [5.74, 6) is -3.99. The van der Waals surface area contributed by atoms with Gasteiger partial charge in [-0.05, 0) is 0 Å². The Morgan fingerprint density at radius 1 is 1.05 bits per heavy atom. The monoisotopic (exact) mass is 285 g/mol. The van der Waals surface area contributed by atoms with E-state index in [1.54, 1.807) is 6.92 Å². The van der Waals surface area contributed by atoms with Crippen LogP contribution in [0.1, 0.15) is 13.3 Å². The van der Waals surface area contributed by atoms with Crippen molar-refractivity contribution in [1.82, 2.24) is 5.32 Å². The van der Waals surface area contributed by atoms with Crippen LogP contribution < -0.4 is 5.32 Å². The first kappa shape index (κ1) is 17.5. The van der Waals surface area contributed by atoms with Gasteiger partial charge in [0.1, 0.15) is 0 Å². The fourth-order valence-electron chi connectivity index (χ4n) is 0.857. The van der Waals surface area contributed by atoms with E-state index in [9.17, 15) is 24.0 Å². The van der Waals surface area contributed by atoms with Gasteiger partial charge in [0.25, 0.3) is 11.7 Å². The highest BCUT2D eigenvalue weighted by Gasteiger charge is 2.15. The van der Waals surface area contributed by atoms with E-state index in [2.05, 4.69) is 14.8 Å². The second-order valence-corrected chi connectivity index (χ2v) is 3.46. The first-order valence-electron chi connectivity index (χ1n) is 5.66. The summed E-state index contributed by atoms with van der Waals surface area (Å²) < 4.78 is 8.66. The maximum Gasteiger partial charge on any atom is 0.331 e. The van der Waals surface area contributed by atoms with Crippen LogP contribution in [0.2, 0.25) is 0 Å². The Hall–Kier alpha value is -2.51. The average Bonchev–Trinajstić information content (AvgIpc) is 2.46. The van der Waals surface area contributed by atoms with Crippen molar-refractivity contribution >= 4 is 29.4 Å². The Bertz CT molecular complexity index is 439. The molecule has 0 atom stereocenters. The van der Waals surface area contributed by atoms with Crippen LogP contribution >= 0.6 is 0 Å². The quantitative estimate of drug-likeness (QED) is 0.342. The fraction of sp³-hybridized carbons (Fsp3) is 0.417. The van der Waals surface area contributed by atoms with Crippen molar-refractivity contribution in [1.29, 1.82) is 0 Å². The molecule has 8 heteroatoms. The predicted octanol–water partition coefficient (Wildman–Crippen LogP) is -1.08. The number of rotatable bonds is 8. The van der Waals surface area contributed by atoms with Gasteiger partial charge in [0, 0.05) is 18.6 Å². The van der Waals surface area contributed by atoms with Crippen molar-refractivity contribution < 1.29 is 33.4 Å². The van der Waals surface area contributed by atoms with Crippen LogP contribution in [0.3, 0.4) is 0 Å². The number of carbonyl (C=O) groups excluding carboxylic acids is 5. The molecule has 0 aliphatic heterocycles. The highest BCUT2D eigenvalue weighted by atomic mass is 16.5. The summed E-state index contributed by atoms with van der Waals surface area (Å²) in [4.78, 5) is 55.0. The molecule has 0 spiro atoms. The van der Waals surface area contributed by atoms with E-state index < -0.39 is 30.2 Å². The van der Waals surface area contributed by atoms with E-state index in [1.165, 1.54) is 0 Å². The summed E-state index contributed by atoms with van der Waals surface area (Å²) in [7, 11) is 1.13. The number of Topliss-reactive ketones (excluding diaryl/α,β-unsaturated/α-hetero) is 2. The van der Waals surface area contributed by atoms with Crippen LogP contribution in [0.15, 0.2) is 12.2 Å². The summed E-state index contributed by atoms with van der Waals surface area (Å²) in [5.41, 5.74) is 0. The number of hydrogen-bond donors (Lipinski definition) is 1. The van der Waals surface area contributed by atoms with E-state index in [0.29, 0.717) is 0 Å². The lowest BCUT2D eigenvalue weighted by atomic mass is 10.3. The Labute approximate surface area is 115 Å². The van der Waals surface area contributed by atoms with Crippen molar-refractivity contribution in [2.75, 3.05) is 20.3 Å². The van der Waals surface area contributed by atoms with E-state index in [0.717, 1.165) is 19.3 Å². The number of carbonyl (C=O) groups is 5. The van der Waals surface area contributed by atoms with Crippen molar-refractivity contribution in [3.63, 3.8) is 0 Å². The number of esters is 2. The summed E-state index contributed by atoms with van der Waals surface area (Å²) in [6.45, 7) is 0.583. The minimum absolute atomic E-state index is 0.232. The first-order chi connectivity index (χ1) is 9.40. The highest BCUT2D eigenvalue weighted by molar-refractivity contribution is 6.37. The molecule has 0 aliphatic carbocycles. The smallest absolute Gasteiger partial charge is 0.331 e. The molecule has 0 heterocycles. The second-order valence-electron chi connectivity index (χ2n) is 3.46. The number of nitrogens with one attached hydrogen (secondary N) is 1. The Morgan fingerprint density at radius 2 is 1.65 bits per heavy atom. The molecule has 0 fully saturated rings. The van der Waals surface area contributed by atoms with Gasteiger partial charge in [0.15, 0.2) is 12.4 Å². The van der Waals surface area contributed by atoms with Gasteiger partial charge in [-0.1, -0.05) is 6.92 Å². The van der Waals surface area contributed by atoms with Crippen molar-refractivity contribution in [3.05, 3.63) is 12.2 Å². The molecule has 1 N–H and O–H groups in total.